The predicted molar refractivity (Wildman–Crippen MR) is 177 cm³/mol. The van der Waals surface area contributed by atoms with Crippen molar-refractivity contribution in [3.63, 3.8) is 0 Å². The molecule has 4 amide bonds. The molecule has 5 N–H and O–H groups in total. The van der Waals surface area contributed by atoms with Crippen LogP contribution in [0, 0.1) is 11.8 Å². The molecular weight excluding hydrogens is 556 g/mol. The van der Waals surface area contributed by atoms with Crippen molar-refractivity contribution in [3.05, 3.63) is 59.3 Å². The van der Waals surface area contributed by atoms with Crippen molar-refractivity contribution in [1.29, 1.82) is 0 Å². The summed E-state index contributed by atoms with van der Waals surface area (Å²) >= 11 is 0. The van der Waals surface area contributed by atoms with Crippen LogP contribution in [0.1, 0.15) is 103 Å². The van der Waals surface area contributed by atoms with E-state index >= 15 is 0 Å². The first-order chi connectivity index (χ1) is 20.9. The molecule has 1 aliphatic rings. The van der Waals surface area contributed by atoms with Crippen LogP contribution in [-0.2, 0) is 19.2 Å². The number of nitrogens with one attached hydrogen (secondary N) is 4. The van der Waals surface area contributed by atoms with Gasteiger partial charge in [0.1, 0.15) is 0 Å². The molecule has 1 atom stereocenters. The zero-order valence-corrected chi connectivity index (χ0v) is 27.2. The third kappa shape index (κ3) is 12.5. The van der Waals surface area contributed by atoms with Gasteiger partial charge in [0.25, 0.3) is 0 Å². The second kappa shape index (κ2) is 18.8. The van der Waals surface area contributed by atoms with Gasteiger partial charge in [-0.3, -0.25) is 19.2 Å². The van der Waals surface area contributed by atoms with Gasteiger partial charge in [-0.1, -0.05) is 46.4 Å². The Morgan fingerprint density at radius 3 is 1.93 bits per heavy atom. The Morgan fingerprint density at radius 1 is 0.864 bits per heavy atom. The number of aliphatic hydroxyl groups is 1. The van der Waals surface area contributed by atoms with Gasteiger partial charge in [-0.25, -0.2) is 0 Å². The molecule has 0 saturated heterocycles. The zero-order chi connectivity index (χ0) is 32.6. The number of fused-ring (bicyclic) bond motifs is 1. The van der Waals surface area contributed by atoms with Gasteiger partial charge in [0.05, 0.1) is 6.61 Å². The average Bonchev–Trinajstić information content (AvgIpc) is 3.21. The summed E-state index contributed by atoms with van der Waals surface area (Å²) in [5.41, 5.74) is 4.43. The molecule has 1 unspecified atom stereocenters. The molecule has 0 bridgehead atoms. The van der Waals surface area contributed by atoms with Crippen LogP contribution in [0.15, 0.2) is 48.2 Å². The molecule has 1 aliphatic carbocycles. The number of amides is 4. The first-order valence-corrected chi connectivity index (χ1v) is 15.9. The smallest absolute Gasteiger partial charge is 0.224 e. The number of benzene rings is 1. The number of hydrogen-bond acceptors (Lipinski definition) is 5. The van der Waals surface area contributed by atoms with Crippen LogP contribution in [0.4, 0.5) is 5.69 Å². The molecule has 0 aliphatic heterocycles. The normalized spacial score (nSPS) is 15.5. The maximum absolute atomic E-state index is 12.6. The Morgan fingerprint density at radius 2 is 1.41 bits per heavy atom. The number of anilines is 1. The van der Waals surface area contributed by atoms with Gasteiger partial charge in [-0.15, -0.1) is 0 Å². The first-order valence-electron chi connectivity index (χ1n) is 15.9. The Bertz CT molecular complexity index is 1230. The highest BCUT2D eigenvalue weighted by atomic mass is 16.3. The molecule has 44 heavy (non-hydrogen) atoms. The topological polar surface area (TPSA) is 137 Å². The van der Waals surface area contributed by atoms with E-state index in [2.05, 4.69) is 55.5 Å². The van der Waals surface area contributed by atoms with Crippen molar-refractivity contribution >= 4 is 34.9 Å². The Labute approximate surface area is 263 Å². The lowest BCUT2D eigenvalue weighted by atomic mass is 9.96. The van der Waals surface area contributed by atoms with Gasteiger partial charge in [0.15, 0.2) is 0 Å². The van der Waals surface area contributed by atoms with Crippen LogP contribution in [0.2, 0.25) is 0 Å². The predicted octanol–water partition coefficient (Wildman–Crippen LogP) is 5.34. The minimum absolute atomic E-state index is 0.0452. The summed E-state index contributed by atoms with van der Waals surface area (Å²) in [7, 11) is 0. The summed E-state index contributed by atoms with van der Waals surface area (Å²) in [6, 6.07) is 5.52. The van der Waals surface area contributed by atoms with Crippen molar-refractivity contribution in [1.82, 2.24) is 16.0 Å². The highest BCUT2D eigenvalue weighted by Crippen LogP contribution is 2.45. The number of carbonyl (C=O) groups excluding carboxylic acids is 4. The van der Waals surface area contributed by atoms with Gasteiger partial charge in [-0.05, 0) is 84.9 Å². The summed E-state index contributed by atoms with van der Waals surface area (Å²) in [5, 5.41) is 21.9. The van der Waals surface area contributed by atoms with Crippen molar-refractivity contribution in [2.24, 2.45) is 11.8 Å². The van der Waals surface area contributed by atoms with Gasteiger partial charge in [-0.2, -0.15) is 0 Å². The summed E-state index contributed by atoms with van der Waals surface area (Å²) in [5.74, 6) is 0.210. The molecule has 9 nitrogen and oxygen atoms in total. The lowest BCUT2D eigenvalue weighted by Gasteiger charge is -2.13. The van der Waals surface area contributed by atoms with E-state index in [9.17, 15) is 24.3 Å². The van der Waals surface area contributed by atoms with Crippen LogP contribution >= 0.6 is 0 Å². The third-order valence-corrected chi connectivity index (χ3v) is 7.55. The number of allylic oxidation sites excluding steroid dienone is 3. The van der Waals surface area contributed by atoms with E-state index in [0.717, 1.165) is 35.1 Å². The summed E-state index contributed by atoms with van der Waals surface area (Å²) in [6.07, 6.45) is 7.39. The molecule has 0 fully saturated rings. The number of hydrogen-bond donors (Lipinski definition) is 5. The van der Waals surface area contributed by atoms with Crippen molar-refractivity contribution in [2.75, 3.05) is 25.0 Å². The summed E-state index contributed by atoms with van der Waals surface area (Å²) in [4.78, 5) is 49.1. The number of rotatable bonds is 18. The monoisotopic (exact) mass is 608 g/mol. The molecule has 0 radical (unpaired) electrons. The fourth-order valence-electron chi connectivity index (χ4n) is 4.92. The first kappa shape index (κ1) is 36.5. The molecule has 9 heteroatoms. The molecule has 1 aromatic carbocycles. The highest BCUT2D eigenvalue weighted by Gasteiger charge is 2.30. The van der Waals surface area contributed by atoms with Crippen LogP contribution in [0.3, 0.4) is 0 Å². The minimum atomic E-state index is -0.370. The van der Waals surface area contributed by atoms with Gasteiger partial charge in [0, 0.05) is 56.1 Å². The van der Waals surface area contributed by atoms with E-state index < -0.39 is 0 Å². The second-order valence-corrected chi connectivity index (χ2v) is 12.2. The van der Waals surface area contributed by atoms with Crippen molar-refractivity contribution in [2.45, 2.75) is 91.9 Å². The van der Waals surface area contributed by atoms with Gasteiger partial charge < -0.3 is 26.4 Å². The van der Waals surface area contributed by atoms with Gasteiger partial charge in [0.2, 0.25) is 23.6 Å². The van der Waals surface area contributed by atoms with E-state index in [4.69, 9.17) is 0 Å². The number of aliphatic hydroxyl groups excluding tert-OH is 1. The van der Waals surface area contributed by atoms with E-state index in [1.54, 1.807) is 12.1 Å². The maximum atomic E-state index is 12.6. The summed E-state index contributed by atoms with van der Waals surface area (Å²) < 4.78 is 0. The van der Waals surface area contributed by atoms with Crippen LogP contribution in [0.5, 0.6) is 0 Å². The van der Waals surface area contributed by atoms with E-state index in [0.29, 0.717) is 62.0 Å². The lowest BCUT2D eigenvalue weighted by Crippen LogP contribution is -2.26. The van der Waals surface area contributed by atoms with Crippen molar-refractivity contribution in [3.8, 4) is 0 Å². The Balaban J connectivity index is 1.93. The second-order valence-electron chi connectivity index (χ2n) is 12.2. The van der Waals surface area contributed by atoms with E-state index in [1.165, 1.54) is 0 Å². The lowest BCUT2D eigenvalue weighted by molar-refractivity contribution is -0.123. The number of carbonyl (C=O) groups is 4. The standard InChI is InChI=1S/C35H52N4O5/c1-7-26(38-34(43)12-8-10-32(41)36-18-16-23(2)3)20-29-25(6)28-15-14-27(21-30(28)31(29)22-40)39-35(44)13-9-11-33(42)37-19-17-24(4)5/h7,14-15,20-21,23-24,31,40H,6,8-13,16-19,22H2,1-5H3,(H,36,41)(H,37,42)(H,38,43)(H,39,44)/b26-7+,29-20+. The third-order valence-electron chi connectivity index (χ3n) is 7.55. The fraction of sp³-hybridized carbons (Fsp3) is 0.543. The quantitative estimate of drug-likeness (QED) is 0.153. The largest absolute Gasteiger partial charge is 0.395 e. The highest BCUT2D eigenvalue weighted by molar-refractivity contribution is 5.93. The molecule has 242 valence electrons. The van der Waals surface area contributed by atoms with Crippen molar-refractivity contribution < 1.29 is 24.3 Å². The van der Waals surface area contributed by atoms with Crippen LogP contribution in [-0.4, -0.2) is 48.4 Å². The minimum Gasteiger partial charge on any atom is -0.395 e. The maximum Gasteiger partial charge on any atom is 0.224 e. The molecular formula is C35H52N4O5. The summed E-state index contributed by atoms with van der Waals surface area (Å²) in [6.45, 7) is 15.6. The molecule has 0 saturated carbocycles. The van der Waals surface area contributed by atoms with Gasteiger partial charge >= 0.3 is 0 Å². The fourth-order valence-corrected chi connectivity index (χ4v) is 4.92. The van der Waals surface area contributed by atoms with Crippen LogP contribution in [0.25, 0.3) is 5.57 Å². The molecule has 0 aromatic heterocycles. The van der Waals surface area contributed by atoms with E-state index in [-0.39, 0.29) is 49.0 Å². The Kier molecular flexibility index (Phi) is 15.6. The molecule has 0 spiro atoms. The molecule has 2 rings (SSSR count). The SMILES string of the molecule is C=C1/C(=C\C(=C/C)NC(=O)CCCC(=O)NCCC(C)C)C(CO)c2cc(NC(=O)CCCC(=O)NCCC(C)C)ccc21. The molecule has 1 aromatic rings. The Hall–Kier alpha value is -3.72. The van der Waals surface area contributed by atoms with Crippen LogP contribution < -0.4 is 21.3 Å². The zero-order valence-electron chi connectivity index (χ0n) is 27.2. The molecule has 0 heterocycles. The van der Waals surface area contributed by atoms with E-state index in [1.807, 2.05) is 25.1 Å². The average molecular weight is 609 g/mol.